The highest BCUT2D eigenvalue weighted by Gasteiger charge is 2.22. The van der Waals surface area contributed by atoms with Gasteiger partial charge in [-0.05, 0) is 18.4 Å². The molecule has 0 bridgehead atoms. The molecule has 1 unspecified atom stereocenters. The van der Waals surface area contributed by atoms with E-state index in [2.05, 4.69) is 10.2 Å². The number of hydrogen-bond acceptors (Lipinski definition) is 2. The Kier molecular flexibility index (Phi) is 1.24. The van der Waals surface area contributed by atoms with Crippen LogP contribution in [-0.4, -0.2) is 16.7 Å². The van der Waals surface area contributed by atoms with Gasteiger partial charge in [0.05, 0.1) is 6.20 Å². The van der Waals surface area contributed by atoms with Crippen LogP contribution in [0.25, 0.3) is 0 Å². The molecule has 0 fully saturated rings. The van der Waals surface area contributed by atoms with Crippen molar-refractivity contribution in [1.82, 2.24) is 10.2 Å². The Balaban J connectivity index is 2.34. The lowest BCUT2D eigenvalue weighted by Crippen LogP contribution is -2.09. The van der Waals surface area contributed by atoms with Crippen LogP contribution in [-0.2, 0) is 6.42 Å². The molecule has 0 aliphatic heterocycles. The number of aromatic amines is 1. The number of nitrogens with two attached hydrogens (primary N) is 1. The third-order valence-electron chi connectivity index (χ3n) is 2.21. The van der Waals surface area contributed by atoms with Gasteiger partial charge in [0.25, 0.3) is 0 Å². The zero-order valence-electron chi connectivity index (χ0n) is 5.80. The Hall–Kier alpha value is -0.830. The maximum absolute atomic E-state index is 5.56. The average molecular weight is 137 g/mol. The Morgan fingerprint density at radius 3 is 3.50 bits per heavy atom. The highest BCUT2D eigenvalue weighted by molar-refractivity contribution is 5.26. The number of H-pyrrole nitrogens is 1. The molecule has 10 heavy (non-hydrogen) atoms. The quantitative estimate of drug-likeness (QED) is 0.588. The van der Waals surface area contributed by atoms with Crippen molar-refractivity contribution in [3.63, 3.8) is 0 Å². The molecule has 54 valence electrons. The van der Waals surface area contributed by atoms with E-state index in [1.54, 1.807) is 0 Å². The molecule has 3 nitrogen and oxygen atoms in total. The average Bonchev–Trinajstić information content (AvgIpc) is 2.44. The molecule has 1 atom stereocenters. The summed E-state index contributed by atoms with van der Waals surface area (Å²) in [4.78, 5) is 0. The first kappa shape index (κ1) is 5.92. The number of nitrogens with zero attached hydrogens (tertiary/aromatic N) is 1. The lowest BCUT2D eigenvalue weighted by molar-refractivity contribution is 0.664. The van der Waals surface area contributed by atoms with E-state index in [1.807, 2.05) is 6.20 Å². The fraction of sp³-hybridized carbons (Fsp3) is 0.571. The van der Waals surface area contributed by atoms with Gasteiger partial charge in [0.15, 0.2) is 0 Å². The standard InChI is InChI=1S/C7H11N3/c8-3-5-1-2-6-4-9-10-7(5)6/h4-5H,1-3,8H2,(H,9,10). The molecule has 1 aliphatic carbocycles. The Morgan fingerprint density at radius 1 is 1.80 bits per heavy atom. The van der Waals surface area contributed by atoms with Gasteiger partial charge in [-0.2, -0.15) is 5.10 Å². The molecule has 3 N–H and O–H groups in total. The summed E-state index contributed by atoms with van der Waals surface area (Å²) in [5.74, 6) is 0.539. The van der Waals surface area contributed by atoms with Gasteiger partial charge in [0.1, 0.15) is 0 Å². The van der Waals surface area contributed by atoms with Gasteiger partial charge in [-0.25, -0.2) is 0 Å². The molecular formula is C7H11N3. The van der Waals surface area contributed by atoms with E-state index in [1.165, 1.54) is 17.7 Å². The van der Waals surface area contributed by atoms with Gasteiger partial charge in [-0.15, -0.1) is 0 Å². The fourth-order valence-corrected chi connectivity index (χ4v) is 1.58. The number of nitrogens with one attached hydrogen (secondary N) is 1. The van der Waals surface area contributed by atoms with E-state index in [9.17, 15) is 0 Å². The molecule has 0 aromatic carbocycles. The van der Waals surface area contributed by atoms with Crippen LogP contribution in [0.5, 0.6) is 0 Å². The molecule has 0 amide bonds. The van der Waals surface area contributed by atoms with E-state index in [4.69, 9.17) is 5.73 Å². The van der Waals surface area contributed by atoms with E-state index in [0.29, 0.717) is 5.92 Å². The Morgan fingerprint density at radius 2 is 2.70 bits per heavy atom. The van der Waals surface area contributed by atoms with Gasteiger partial charge in [-0.3, -0.25) is 5.10 Å². The van der Waals surface area contributed by atoms with Gasteiger partial charge in [0, 0.05) is 18.2 Å². The normalized spacial score (nSPS) is 23.1. The summed E-state index contributed by atoms with van der Waals surface area (Å²) in [5, 5.41) is 6.95. The van der Waals surface area contributed by atoms with E-state index in [0.717, 1.165) is 13.0 Å². The van der Waals surface area contributed by atoms with E-state index >= 15 is 0 Å². The molecule has 1 aromatic rings. The minimum absolute atomic E-state index is 0.539. The van der Waals surface area contributed by atoms with Crippen LogP contribution in [0.2, 0.25) is 0 Å². The highest BCUT2D eigenvalue weighted by atomic mass is 15.1. The van der Waals surface area contributed by atoms with Crippen molar-refractivity contribution < 1.29 is 0 Å². The lowest BCUT2D eigenvalue weighted by Gasteiger charge is -2.02. The summed E-state index contributed by atoms with van der Waals surface area (Å²) in [7, 11) is 0. The van der Waals surface area contributed by atoms with Crippen molar-refractivity contribution in [2.45, 2.75) is 18.8 Å². The first-order valence-corrected chi connectivity index (χ1v) is 3.64. The summed E-state index contributed by atoms with van der Waals surface area (Å²) in [5.41, 5.74) is 8.18. The summed E-state index contributed by atoms with van der Waals surface area (Å²) >= 11 is 0. The van der Waals surface area contributed by atoms with Gasteiger partial charge in [0.2, 0.25) is 0 Å². The minimum atomic E-state index is 0.539. The molecule has 1 aromatic heterocycles. The highest BCUT2D eigenvalue weighted by Crippen LogP contribution is 2.29. The summed E-state index contributed by atoms with van der Waals surface area (Å²) < 4.78 is 0. The van der Waals surface area contributed by atoms with Crippen LogP contribution < -0.4 is 5.73 Å². The lowest BCUT2D eigenvalue weighted by atomic mass is 10.1. The largest absolute Gasteiger partial charge is 0.330 e. The van der Waals surface area contributed by atoms with Crippen LogP contribution in [0.4, 0.5) is 0 Å². The Labute approximate surface area is 59.6 Å². The molecule has 3 heteroatoms. The topological polar surface area (TPSA) is 54.7 Å². The minimum Gasteiger partial charge on any atom is -0.330 e. The van der Waals surface area contributed by atoms with E-state index in [-0.39, 0.29) is 0 Å². The number of aryl methyl sites for hydroxylation is 1. The third-order valence-corrected chi connectivity index (χ3v) is 2.21. The second kappa shape index (κ2) is 2.09. The van der Waals surface area contributed by atoms with Crippen molar-refractivity contribution in [3.8, 4) is 0 Å². The number of rotatable bonds is 1. The maximum atomic E-state index is 5.56. The Bertz CT molecular complexity index is 229. The summed E-state index contributed by atoms with van der Waals surface area (Å²) in [6.45, 7) is 0.745. The first-order valence-electron chi connectivity index (χ1n) is 3.64. The monoisotopic (exact) mass is 137 g/mol. The van der Waals surface area contributed by atoms with Crippen LogP contribution in [0.15, 0.2) is 6.20 Å². The molecule has 0 saturated heterocycles. The predicted molar refractivity (Wildman–Crippen MR) is 38.7 cm³/mol. The van der Waals surface area contributed by atoms with Crippen molar-refractivity contribution in [3.05, 3.63) is 17.5 Å². The molecule has 0 spiro atoms. The molecule has 2 rings (SSSR count). The number of fused-ring (bicyclic) bond motifs is 1. The van der Waals surface area contributed by atoms with Crippen LogP contribution in [0.1, 0.15) is 23.6 Å². The zero-order valence-corrected chi connectivity index (χ0v) is 5.80. The fourth-order valence-electron chi connectivity index (χ4n) is 1.58. The summed E-state index contributed by atoms with van der Waals surface area (Å²) in [6.07, 6.45) is 4.25. The van der Waals surface area contributed by atoms with Crippen LogP contribution in [0.3, 0.4) is 0 Å². The van der Waals surface area contributed by atoms with Crippen LogP contribution in [0, 0.1) is 0 Å². The van der Waals surface area contributed by atoms with Crippen molar-refractivity contribution >= 4 is 0 Å². The van der Waals surface area contributed by atoms with Crippen LogP contribution >= 0.6 is 0 Å². The molecule has 1 heterocycles. The molecule has 0 radical (unpaired) electrons. The van der Waals surface area contributed by atoms with Gasteiger partial charge in [-0.1, -0.05) is 0 Å². The third kappa shape index (κ3) is 0.671. The predicted octanol–water partition coefficient (Wildman–Crippen LogP) is 0.398. The maximum Gasteiger partial charge on any atom is 0.0522 e. The number of hydrogen-bond donors (Lipinski definition) is 2. The van der Waals surface area contributed by atoms with E-state index < -0.39 is 0 Å². The smallest absolute Gasteiger partial charge is 0.0522 e. The second-order valence-corrected chi connectivity index (χ2v) is 2.78. The SMILES string of the molecule is NCC1CCc2cn[nH]c21. The van der Waals surface area contributed by atoms with Gasteiger partial charge >= 0.3 is 0 Å². The second-order valence-electron chi connectivity index (χ2n) is 2.78. The zero-order chi connectivity index (χ0) is 6.97. The van der Waals surface area contributed by atoms with Crippen molar-refractivity contribution in [1.29, 1.82) is 0 Å². The molecular weight excluding hydrogens is 126 g/mol. The molecule has 0 saturated carbocycles. The molecule has 1 aliphatic rings. The first-order chi connectivity index (χ1) is 4.92. The van der Waals surface area contributed by atoms with Crippen molar-refractivity contribution in [2.75, 3.05) is 6.54 Å². The number of aromatic nitrogens is 2. The summed E-state index contributed by atoms with van der Waals surface area (Å²) in [6, 6.07) is 0. The van der Waals surface area contributed by atoms with Gasteiger partial charge < -0.3 is 5.73 Å². The van der Waals surface area contributed by atoms with Crippen molar-refractivity contribution in [2.24, 2.45) is 5.73 Å².